The first-order chi connectivity index (χ1) is 9.55. The van der Waals surface area contributed by atoms with E-state index >= 15 is 0 Å². The zero-order valence-corrected chi connectivity index (χ0v) is 12.1. The minimum Gasteiger partial charge on any atom is -0.398 e. The van der Waals surface area contributed by atoms with Crippen molar-refractivity contribution in [3.63, 3.8) is 0 Å². The van der Waals surface area contributed by atoms with E-state index in [9.17, 15) is 10.1 Å². The Bertz CT molecular complexity index is 488. The Morgan fingerprint density at radius 3 is 2.70 bits per heavy atom. The highest BCUT2D eigenvalue weighted by atomic mass is 16.6. The van der Waals surface area contributed by atoms with Crippen molar-refractivity contribution in [2.45, 2.75) is 26.3 Å². The molecule has 1 aliphatic heterocycles. The maximum atomic E-state index is 10.9. The average Bonchev–Trinajstić information content (AvgIpc) is 2.89. The van der Waals surface area contributed by atoms with Crippen molar-refractivity contribution in [2.24, 2.45) is 0 Å². The first-order valence-corrected chi connectivity index (χ1v) is 7.09. The Balaban J connectivity index is 2.15. The van der Waals surface area contributed by atoms with E-state index < -0.39 is 4.92 Å². The van der Waals surface area contributed by atoms with E-state index in [1.165, 1.54) is 6.07 Å². The number of nitrogen functional groups attached to an aromatic ring is 1. The molecule has 1 unspecified atom stereocenters. The summed E-state index contributed by atoms with van der Waals surface area (Å²) in [5.74, 6) is 0. The fraction of sp³-hybridized carbons (Fsp3) is 0.571. The summed E-state index contributed by atoms with van der Waals surface area (Å²) in [4.78, 5) is 15.1. The second kappa shape index (κ2) is 6.09. The van der Waals surface area contributed by atoms with Crippen LogP contribution in [-0.4, -0.2) is 42.0 Å². The molecule has 0 spiro atoms. The molecule has 20 heavy (non-hydrogen) atoms. The number of nitro groups is 1. The van der Waals surface area contributed by atoms with Crippen LogP contribution in [0.3, 0.4) is 0 Å². The monoisotopic (exact) mass is 278 g/mol. The SMILES string of the molecule is CCN(CC)C1CCN(c2cc(N)cc([N+](=O)[O-])c2)C1. The van der Waals surface area contributed by atoms with Crippen LogP contribution < -0.4 is 10.6 Å². The molecular formula is C14H22N4O2. The Morgan fingerprint density at radius 1 is 1.40 bits per heavy atom. The number of nitrogens with two attached hydrogens (primary N) is 1. The molecule has 0 amide bonds. The molecule has 110 valence electrons. The number of anilines is 2. The van der Waals surface area contributed by atoms with Crippen LogP contribution in [-0.2, 0) is 0 Å². The van der Waals surface area contributed by atoms with Crippen molar-refractivity contribution < 1.29 is 4.92 Å². The molecule has 1 fully saturated rings. The molecule has 1 aromatic carbocycles. The van der Waals surface area contributed by atoms with Gasteiger partial charge in [-0.05, 0) is 25.6 Å². The number of nitro benzene ring substituents is 1. The molecule has 6 heteroatoms. The number of non-ortho nitro benzene ring substituents is 1. The van der Waals surface area contributed by atoms with Gasteiger partial charge in [0.05, 0.1) is 4.92 Å². The molecular weight excluding hydrogens is 256 g/mol. The summed E-state index contributed by atoms with van der Waals surface area (Å²) in [6.07, 6.45) is 1.09. The van der Waals surface area contributed by atoms with Crippen molar-refractivity contribution in [3.8, 4) is 0 Å². The molecule has 1 atom stereocenters. The van der Waals surface area contributed by atoms with E-state index in [1.54, 1.807) is 6.07 Å². The highest BCUT2D eigenvalue weighted by Gasteiger charge is 2.27. The molecule has 1 heterocycles. The summed E-state index contributed by atoms with van der Waals surface area (Å²) in [5.41, 5.74) is 7.13. The highest BCUT2D eigenvalue weighted by Crippen LogP contribution is 2.29. The van der Waals surface area contributed by atoms with Crippen LogP contribution in [0.25, 0.3) is 0 Å². The lowest BCUT2D eigenvalue weighted by atomic mass is 10.2. The molecule has 0 radical (unpaired) electrons. The molecule has 0 bridgehead atoms. The fourth-order valence-corrected chi connectivity index (χ4v) is 2.92. The minimum absolute atomic E-state index is 0.0614. The number of rotatable bonds is 5. The molecule has 0 aliphatic carbocycles. The quantitative estimate of drug-likeness (QED) is 0.507. The summed E-state index contributed by atoms with van der Waals surface area (Å²) >= 11 is 0. The van der Waals surface area contributed by atoms with Gasteiger partial charge in [0, 0.05) is 42.6 Å². The molecule has 0 saturated carbocycles. The van der Waals surface area contributed by atoms with Gasteiger partial charge in [0.15, 0.2) is 0 Å². The third-order valence-corrected chi connectivity index (χ3v) is 3.99. The van der Waals surface area contributed by atoms with Gasteiger partial charge in [0.2, 0.25) is 0 Å². The molecule has 0 aromatic heterocycles. The van der Waals surface area contributed by atoms with Crippen LogP contribution in [0.15, 0.2) is 18.2 Å². The Hall–Kier alpha value is -1.82. The highest BCUT2D eigenvalue weighted by molar-refractivity contribution is 5.63. The smallest absolute Gasteiger partial charge is 0.273 e. The predicted molar refractivity (Wildman–Crippen MR) is 81.0 cm³/mol. The summed E-state index contributed by atoms with van der Waals surface area (Å²) in [5, 5.41) is 10.9. The summed E-state index contributed by atoms with van der Waals surface area (Å²) < 4.78 is 0. The number of hydrogen-bond donors (Lipinski definition) is 1. The van der Waals surface area contributed by atoms with Gasteiger partial charge >= 0.3 is 0 Å². The number of likely N-dealkylation sites (N-methyl/N-ethyl adjacent to an activating group) is 1. The van der Waals surface area contributed by atoms with E-state index in [1.807, 2.05) is 6.07 Å². The van der Waals surface area contributed by atoms with Gasteiger partial charge in [-0.3, -0.25) is 15.0 Å². The van der Waals surface area contributed by atoms with E-state index in [0.717, 1.165) is 38.3 Å². The van der Waals surface area contributed by atoms with E-state index in [4.69, 9.17) is 5.73 Å². The third-order valence-electron chi connectivity index (χ3n) is 3.99. The Morgan fingerprint density at radius 2 is 2.10 bits per heavy atom. The molecule has 1 aromatic rings. The van der Waals surface area contributed by atoms with E-state index in [-0.39, 0.29) is 5.69 Å². The summed E-state index contributed by atoms with van der Waals surface area (Å²) in [6.45, 7) is 8.22. The van der Waals surface area contributed by atoms with Crippen molar-refractivity contribution in [1.82, 2.24) is 4.90 Å². The van der Waals surface area contributed by atoms with Crippen LogP contribution in [0, 0.1) is 10.1 Å². The molecule has 1 aliphatic rings. The van der Waals surface area contributed by atoms with Gasteiger partial charge in [0.25, 0.3) is 5.69 Å². The van der Waals surface area contributed by atoms with Gasteiger partial charge in [-0.25, -0.2) is 0 Å². The van der Waals surface area contributed by atoms with Crippen molar-refractivity contribution >= 4 is 17.1 Å². The number of benzene rings is 1. The second-order valence-corrected chi connectivity index (χ2v) is 5.15. The first-order valence-electron chi connectivity index (χ1n) is 7.09. The molecule has 1 saturated heterocycles. The standard InChI is InChI=1S/C14H22N4O2/c1-3-16(4-2)12-5-6-17(10-12)13-7-11(15)8-14(9-13)18(19)20/h7-9,12H,3-6,10,15H2,1-2H3. The maximum absolute atomic E-state index is 10.9. The minimum atomic E-state index is -0.391. The first kappa shape index (κ1) is 14.6. The summed E-state index contributed by atoms with van der Waals surface area (Å²) in [6, 6.07) is 5.35. The van der Waals surface area contributed by atoms with E-state index in [0.29, 0.717) is 11.7 Å². The van der Waals surface area contributed by atoms with Crippen molar-refractivity contribution in [3.05, 3.63) is 28.3 Å². The lowest BCUT2D eigenvalue weighted by Gasteiger charge is -2.26. The third kappa shape index (κ3) is 3.01. The van der Waals surface area contributed by atoms with Gasteiger partial charge in [0.1, 0.15) is 0 Å². The van der Waals surface area contributed by atoms with Crippen molar-refractivity contribution in [2.75, 3.05) is 36.8 Å². The predicted octanol–water partition coefficient (Wildman–Crippen LogP) is 2.10. The van der Waals surface area contributed by atoms with Gasteiger partial charge in [-0.1, -0.05) is 13.8 Å². The van der Waals surface area contributed by atoms with Crippen LogP contribution in [0.4, 0.5) is 17.1 Å². The van der Waals surface area contributed by atoms with Gasteiger partial charge in [-0.2, -0.15) is 0 Å². The van der Waals surface area contributed by atoms with E-state index in [2.05, 4.69) is 23.6 Å². The van der Waals surface area contributed by atoms with Gasteiger partial charge in [-0.15, -0.1) is 0 Å². The van der Waals surface area contributed by atoms with Crippen LogP contribution in [0.2, 0.25) is 0 Å². The van der Waals surface area contributed by atoms with Crippen molar-refractivity contribution in [1.29, 1.82) is 0 Å². The summed E-state index contributed by atoms with van der Waals surface area (Å²) in [7, 11) is 0. The average molecular weight is 278 g/mol. The molecule has 6 nitrogen and oxygen atoms in total. The van der Waals surface area contributed by atoms with Gasteiger partial charge < -0.3 is 10.6 Å². The second-order valence-electron chi connectivity index (χ2n) is 5.15. The topological polar surface area (TPSA) is 75.6 Å². The lowest BCUT2D eigenvalue weighted by molar-refractivity contribution is -0.384. The lowest BCUT2D eigenvalue weighted by Crippen LogP contribution is -2.37. The zero-order valence-electron chi connectivity index (χ0n) is 12.1. The molecule has 2 N–H and O–H groups in total. The Kier molecular flexibility index (Phi) is 4.44. The zero-order chi connectivity index (χ0) is 14.7. The van der Waals surface area contributed by atoms with Crippen LogP contribution in [0.1, 0.15) is 20.3 Å². The molecule has 2 rings (SSSR count). The fourth-order valence-electron chi connectivity index (χ4n) is 2.92. The number of nitrogens with zero attached hydrogens (tertiary/aromatic N) is 3. The Labute approximate surface area is 119 Å². The maximum Gasteiger partial charge on any atom is 0.273 e. The van der Waals surface area contributed by atoms with Crippen LogP contribution >= 0.6 is 0 Å². The van der Waals surface area contributed by atoms with Crippen LogP contribution in [0.5, 0.6) is 0 Å². The number of hydrogen-bond acceptors (Lipinski definition) is 5. The normalized spacial score (nSPS) is 18.8. The largest absolute Gasteiger partial charge is 0.398 e.